The Labute approximate surface area is 126 Å². The zero-order valence-corrected chi connectivity index (χ0v) is 11.7. The van der Waals surface area contributed by atoms with Crippen molar-refractivity contribution in [3.05, 3.63) is 46.0 Å². The van der Waals surface area contributed by atoms with E-state index in [1.54, 1.807) is 12.1 Å². The molecule has 3 aliphatic carbocycles. The van der Waals surface area contributed by atoms with Crippen LogP contribution >= 0.6 is 0 Å². The normalized spacial score (nSPS) is 28.1. The van der Waals surface area contributed by atoms with Crippen LogP contribution in [0.25, 0.3) is 11.6 Å². The van der Waals surface area contributed by atoms with E-state index in [1.165, 1.54) is 6.08 Å². The maximum Gasteiger partial charge on any atom is 0.197 e. The Hall–Kier alpha value is -2.33. The highest BCUT2D eigenvalue weighted by molar-refractivity contribution is 6.21. The van der Waals surface area contributed by atoms with E-state index in [9.17, 15) is 14.4 Å². The van der Waals surface area contributed by atoms with Crippen LogP contribution in [0, 0.1) is 5.92 Å². The molecule has 4 nitrogen and oxygen atoms in total. The van der Waals surface area contributed by atoms with E-state index < -0.39 is 6.10 Å². The molecule has 0 N–H and O–H groups in total. The second kappa shape index (κ2) is 3.90. The minimum absolute atomic E-state index is 0.0607. The van der Waals surface area contributed by atoms with Crippen molar-refractivity contribution in [3.8, 4) is 0 Å². The summed E-state index contributed by atoms with van der Waals surface area (Å²) in [6.45, 7) is 0.305. The van der Waals surface area contributed by atoms with Crippen molar-refractivity contribution in [2.45, 2.75) is 18.9 Å². The number of rotatable bonds is 0. The number of ether oxygens (including phenoxy) is 1. The summed E-state index contributed by atoms with van der Waals surface area (Å²) >= 11 is 0. The number of allylic oxidation sites excluding steroid dienone is 2. The van der Waals surface area contributed by atoms with Gasteiger partial charge in [-0.2, -0.15) is 0 Å². The Morgan fingerprint density at radius 2 is 1.82 bits per heavy atom. The van der Waals surface area contributed by atoms with Crippen LogP contribution in [-0.2, 0) is 9.53 Å². The van der Waals surface area contributed by atoms with Gasteiger partial charge >= 0.3 is 0 Å². The number of carbonyl (C=O) groups is 3. The molecule has 0 bridgehead atoms. The number of benzene rings is 1. The highest BCUT2D eigenvalue weighted by atomic mass is 16.5. The molecule has 0 amide bonds. The molecular weight excluding hydrogens is 280 g/mol. The molecule has 1 aromatic carbocycles. The minimum atomic E-state index is -0.632. The van der Waals surface area contributed by atoms with Gasteiger partial charge in [0.25, 0.3) is 0 Å². The predicted molar refractivity (Wildman–Crippen MR) is 78.5 cm³/mol. The van der Waals surface area contributed by atoms with Crippen molar-refractivity contribution in [2.24, 2.45) is 5.92 Å². The molecule has 1 heterocycles. The third-order valence-electron chi connectivity index (χ3n) is 5.17. The molecule has 1 aliphatic heterocycles. The first-order chi connectivity index (χ1) is 10.7. The zero-order chi connectivity index (χ0) is 15.0. The Balaban J connectivity index is 1.83. The van der Waals surface area contributed by atoms with Gasteiger partial charge in [-0.15, -0.1) is 0 Å². The van der Waals surface area contributed by atoms with Crippen LogP contribution in [-0.4, -0.2) is 30.1 Å². The van der Waals surface area contributed by atoms with Crippen LogP contribution in [0.1, 0.15) is 44.7 Å². The average Bonchev–Trinajstić information content (AvgIpc) is 3.11. The van der Waals surface area contributed by atoms with E-state index in [2.05, 4.69) is 0 Å². The van der Waals surface area contributed by atoms with E-state index in [1.807, 2.05) is 6.07 Å². The van der Waals surface area contributed by atoms with Gasteiger partial charge in [0.05, 0.1) is 12.5 Å². The maximum absolute atomic E-state index is 12.9. The average molecular weight is 292 g/mol. The molecule has 2 atom stereocenters. The largest absolute Gasteiger partial charge is 0.364 e. The smallest absolute Gasteiger partial charge is 0.197 e. The number of hydrogen-bond donors (Lipinski definition) is 0. The van der Waals surface area contributed by atoms with Gasteiger partial charge in [0.15, 0.2) is 11.6 Å². The van der Waals surface area contributed by atoms with Gasteiger partial charge in [-0.25, -0.2) is 0 Å². The van der Waals surface area contributed by atoms with Crippen molar-refractivity contribution < 1.29 is 19.1 Å². The van der Waals surface area contributed by atoms with Gasteiger partial charge < -0.3 is 4.74 Å². The summed E-state index contributed by atoms with van der Waals surface area (Å²) in [5.41, 5.74) is 4.73. The Bertz CT molecular complexity index is 856. The summed E-state index contributed by atoms with van der Waals surface area (Å²) in [5, 5.41) is 0. The fourth-order valence-corrected chi connectivity index (χ4v) is 4.17. The Morgan fingerprint density at radius 3 is 2.68 bits per heavy atom. The van der Waals surface area contributed by atoms with Crippen LogP contribution in [0.4, 0.5) is 0 Å². The van der Waals surface area contributed by atoms with Gasteiger partial charge in [0, 0.05) is 17.5 Å². The highest BCUT2D eigenvalue weighted by Gasteiger charge is 2.48. The number of Topliss-reactive ketones (excluding diaryl/α,β-unsaturated/α-hetero) is 2. The summed E-state index contributed by atoms with van der Waals surface area (Å²) in [6, 6.07) is 3.65. The first kappa shape index (κ1) is 12.2. The molecule has 1 fully saturated rings. The van der Waals surface area contributed by atoms with Gasteiger partial charge in [0.2, 0.25) is 0 Å². The van der Waals surface area contributed by atoms with Crippen molar-refractivity contribution in [1.29, 1.82) is 0 Å². The van der Waals surface area contributed by atoms with E-state index in [4.69, 9.17) is 4.74 Å². The van der Waals surface area contributed by atoms with E-state index in [-0.39, 0.29) is 23.3 Å². The fraction of sp³-hybridized carbons (Fsp3) is 0.278. The van der Waals surface area contributed by atoms with Crippen LogP contribution in [0.15, 0.2) is 23.8 Å². The predicted octanol–water partition coefficient (Wildman–Crippen LogP) is 2.22. The monoisotopic (exact) mass is 292 g/mol. The summed E-state index contributed by atoms with van der Waals surface area (Å²) in [4.78, 5) is 36.8. The third kappa shape index (κ3) is 1.29. The van der Waals surface area contributed by atoms with E-state index in [0.717, 1.165) is 16.7 Å². The second-order valence-electron chi connectivity index (χ2n) is 6.18. The van der Waals surface area contributed by atoms with Gasteiger partial charge in [-0.3, -0.25) is 14.4 Å². The van der Waals surface area contributed by atoms with Crippen molar-refractivity contribution in [2.75, 3.05) is 6.61 Å². The molecular formula is C18H12O4. The maximum atomic E-state index is 12.9. The molecule has 4 heteroatoms. The molecule has 108 valence electrons. The fourth-order valence-electron chi connectivity index (χ4n) is 4.17. The van der Waals surface area contributed by atoms with E-state index in [0.29, 0.717) is 36.1 Å². The zero-order valence-electron chi connectivity index (χ0n) is 11.7. The number of fused-ring (bicyclic) bond motifs is 4. The Morgan fingerprint density at radius 1 is 1.00 bits per heavy atom. The molecule has 1 saturated heterocycles. The van der Waals surface area contributed by atoms with Gasteiger partial charge in [-0.05, 0) is 46.9 Å². The summed E-state index contributed by atoms with van der Waals surface area (Å²) in [6.07, 6.45) is 3.75. The molecule has 0 aromatic heterocycles. The van der Waals surface area contributed by atoms with Gasteiger partial charge in [-0.1, -0.05) is 6.07 Å². The molecule has 0 spiro atoms. The summed E-state index contributed by atoms with van der Waals surface area (Å²) in [7, 11) is 0. The number of carbonyl (C=O) groups excluding carboxylic acids is 3. The van der Waals surface area contributed by atoms with Crippen LogP contribution in [0.2, 0.25) is 0 Å². The lowest BCUT2D eigenvalue weighted by Gasteiger charge is -2.30. The molecule has 0 saturated carbocycles. The highest BCUT2D eigenvalue weighted by Crippen LogP contribution is 2.47. The molecule has 4 aliphatic rings. The summed E-state index contributed by atoms with van der Waals surface area (Å²) < 4.78 is 5.66. The molecule has 2 unspecified atom stereocenters. The molecule has 5 rings (SSSR count). The van der Waals surface area contributed by atoms with Crippen molar-refractivity contribution in [3.63, 3.8) is 0 Å². The van der Waals surface area contributed by atoms with Gasteiger partial charge in [0.1, 0.15) is 11.9 Å². The first-order valence-electron chi connectivity index (χ1n) is 7.48. The van der Waals surface area contributed by atoms with Crippen molar-refractivity contribution in [1.82, 2.24) is 0 Å². The lowest BCUT2D eigenvalue weighted by atomic mass is 9.71. The van der Waals surface area contributed by atoms with Crippen LogP contribution in [0.5, 0.6) is 0 Å². The minimum Gasteiger partial charge on any atom is -0.364 e. The standard InChI is InChI=1S/C18H12O4/c19-13-5-3-9-8(13)1-2-10-11-4-6-14(20)12-7-22-18(16(11)12)17(21)15(9)10/h1-3,5,12,18H,4,6-7H2. The Kier molecular flexibility index (Phi) is 2.17. The SMILES string of the molecule is O=C1C=Cc2c1ccc1c2C(=O)C2OCC3C(=O)CCC1=C32. The lowest BCUT2D eigenvalue weighted by molar-refractivity contribution is -0.122. The number of hydrogen-bond acceptors (Lipinski definition) is 4. The quantitative estimate of drug-likeness (QED) is 0.735. The topological polar surface area (TPSA) is 60.4 Å². The van der Waals surface area contributed by atoms with E-state index >= 15 is 0 Å². The molecule has 0 radical (unpaired) electrons. The molecule has 22 heavy (non-hydrogen) atoms. The first-order valence-corrected chi connectivity index (χ1v) is 7.48. The van der Waals surface area contributed by atoms with Crippen LogP contribution < -0.4 is 0 Å². The number of ketones is 3. The summed E-state index contributed by atoms with van der Waals surface area (Å²) in [5.74, 6) is -0.249. The molecule has 1 aromatic rings. The third-order valence-corrected chi connectivity index (χ3v) is 5.17. The second-order valence-corrected chi connectivity index (χ2v) is 6.18. The van der Waals surface area contributed by atoms with Crippen LogP contribution in [0.3, 0.4) is 0 Å². The van der Waals surface area contributed by atoms with Crippen molar-refractivity contribution >= 4 is 29.0 Å². The lowest BCUT2D eigenvalue weighted by Crippen LogP contribution is -2.32.